The first-order chi connectivity index (χ1) is 13.5. The van der Waals surface area contributed by atoms with Gasteiger partial charge >= 0.3 is 0 Å². The first-order valence-electron chi connectivity index (χ1n) is 8.95. The van der Waals surface area contributed by atoms with E-state index in [0.717, 1.165) is 11.3 Å². The van der Waals surface area contributed by atoms with Crippen LogP contribution in [0.2, 0.25) is 0 Å². The minimum absolute atomic E-state index is 0.337. The van der Waals surface area contributed by atoms with Crippen LogP contribution in [0.3, 0.4) is 0 Å². The van der Waals surface area contributed by atoms with Crippen molar-refractivity contribution >= 4 is 23.7 Å². The molecule has 0 atom stereocenters. The van der Waals surface area contributed by atoms with E-state index in [1.54, 1.807) is 31.4 Å². The molecule has 0 aliphatic heterocycles. The molecule has 2 rings (SSSR count). The lowest BCUT2D eigenvalue weighted by molar-refractivity contribution is -0.126. The van der Waals surface area contributed by atoms with Gasteiger partial charge in [-0.2, -0.15) is 5.10 Å². The lowest BCUT2D eigenvalue weighted by atomic mass is 10.2. The average Bonchev–Trinajstić information content (AvgIpc) is 2.67. The number of amides is 2. The van der Waals surface area contributed by atoms with Crippen LogP contribution in [0.5, 0.6) is 11.5 Å². The van der Waals surface area contributed by atoms with Gasteiger partial charge in [-0.3, -0.25) is 9.59 Å². The van der Waals surface area contributed by atoms with E-state index >= 15 is 0 Å². The van der Waals surface area contributed by atoms with Crippen molar-refractivity contribution < 1.29 is 19.1 Å². The van der Waals surface area contributed by atoms with Crippen LogP contribution < -0.4 is 20.2 Å². The van der Waals surface area contributed by atoms with Crippen LogP contribution in [0.25, 0.3) is 0 Å². The summed E-state index contributed by atoms with van der Waals surface area (Å²) in [4.78, 5) is 23.8. The minimum atomic E-state index is -0.506. The first kappa shape index (κ1) is 21.0. The van der Waals surface area contributed by atoms with Crippen molar-refractivity contribution in [3.8, 4) is 11.5 Å². The normalized spacial score (nSPS) is 10.7. The highest BCUT2D eigenvalue weighted by Gasteiger charge is 2.09. The number of hydrazone groups is 1. The van der Waals surface area contributed by atoms with E-state index in [1.165, 1.54) is 6.21 Å². The second kappa shape index (κ2) is 10.7. The van der Waals surface area contributed by atoms with E-state index < -0.39 is 11.8 Å². The molecule has 2 aromatic rings. The minimum Gasteiger partial charge on any atom is -0.497 e. The molecule has 0 bridgehead atoms. The van der Waals surface area contributed by atoms with E-state index in [4.69, 9.17) is 9.47 Å². The molecular formula is C21H25N3O4. The van der Waals surface area contributed by atoms with Gasteiger partial charge in [0.1, 0.15) is 17.9 Å². The van der Waals surface area contributed by atoms with Gasteiger partial charge in [-0.15, -0.1) is 0 Å². The number of carbonyl (C=O) groups excluding carboxylic acids is 2. The standard InChI is InChI=1S/C21H25N3O4/c1-15(2)14-28-18-9-7-16(8-10-18)13-22-24-21(26)12-20(25)23-17-5-4-6-19(11-17)27-3/h4-11,13,15H,12,14H2,1-3H3,(H,23,25)(H,24,26). The summed E-state index contributed by atoms with van der Waals surface area (Å²) in [7, 11) is 1.54. The smallest absolute Gasteiger partial charge is 0.249 e. The molecule has 2 amide bonds. The largest absolute Gasteiger partial charge is 0.497 e. The number of rotatable bonds is 9. The molecular weight excluding hydrogens is 358 g/mol. The van der Waals surface area contributed by atoms with Gasteiger partial charge in [0.15, 0.2) is 0 Å². The molecule has 0 saturated carbocycles. The summed E-state index contributed by atoms with van der Waals surface area (Å²) < 4.78 is 10.7. The summed E-state index contributed by atoms with van der Waals surface area (Å²) in [5.74, 6) is 0.912. The van der Waals surface area contributed by atoms with Gasteiger partial charge in [-0.1, -0.05) is 19.9 Å². The second-order valence-electron chi connectivity index (χ2n) is 6.52. The summed E-state index contributed by atoms with van der Waals surface area (Å²) in [5.41, 5.74) is 3.70. The van der Waals surface area contributed by atoms with Crippen LogP contribution in [0.15, 0.2) is 53.6 Å². The highest BCUT2D eigenvalue weighted by Crippen LogP contribution is 2.16. The third-order valence-electron chi connectivity index (χ3n) is 3.54. The molecule has 0 aromatic heterocycles. The predicted octanol–water partition coefficient (Wildman–Crippen LogP) is 3.21. The van der Waals surface area contributed by atoms with Crippen molar-refractivity contribution in [2.45, 2.75) is 20.3 Å². The van der Waals surface area contributed by atoms with E-state index in [1.807, 2.05) is 24.3 Å². The van der Waals surface area contributed by atoms with E-state index in [2.05, 4.69) is 29.7 Å². The maximum absolute atomic E-state index is 11.9. The Bertz CT molecular complexity index is 817. The maximum Gasteiger partial charge on any atom is 0.249 e. The molecule has 0 aliphatic carbocycles. The third kappa shape index (κ3) is 7.49. The summed E-state index contributed by atoms with van der Waals surface area (Å²) in [6.07, 6.45) is 1.17. The zero-order chi connectivity index (χ0) is 20.4. The van der Waals surface area contributed by atoms with Crippen molar-refractivity contribution in [1.82, 2.24) is 5.43 Å². The molecule has 2 N–H and O–H groups in total. The lowest BCUT2D eigenvalue weighted by Crippen LogP contribution is -2.24. The molecule has 7 heteroatoms. The van der Waals surface area contributed by atoms with Gasteiger partial charge in [-0.05, 0) is 47.9 Å². The average molecular weight is 383 g/mol. The number of carbonyl (C=O) groups is 2. The van der Waals surface area contributed by atoms with Crippen LogP contribution in [-0.2, 0) is 9.59 Å². The molecule has 28 heavy (non-hydrogen) atoms. The molecule has 2 aromatic carbocycles. The Hall–Kier alpha value is -3.35. The fourth-order valence-electron chi connectivity index (χ4n) is 2.18. The zero-order valence-electron chi connectivity index (χ0n) is 16.3. The molecule has 0 radical (unpaired) electrons. The number of anilines is 1. The van der Waals surface area contributed by atoms with Crippen LogP contribution >= 0.6 is 0 Å². The lowest BCUT2D eigenvalue weighted by Gasteiger charge is -2.08. The summed E-state index contributed by atoms with van der Waals surface area (Å²) in [6.45, 7) is 4.82. The molecule has 7 nitrogen and oxygen atoms in total. The van der Waals surface area contributed by atoms with Gasteiger partial charge < -0.3 is 14.8 Å². The Balaban J connectivity index is 1.77. The van der Waals surface area contributed by atoms with Gasteiger partial charge in [-0.25, -0.2) is 5.43 Å². The number of hydrogen-bond acceptors (Lipinski definition) is 5. The van der Waals surface area contributed by atoms with Crippen molar-refractivity contribution in [2.24, 2.45) is 11.0 Å². The topological polar surface area (TPSA) is 89.0 Å². The Morgan fingerprint density at radius 3 is 2.50 bits per heavy atom. The predicted molar refractivity (Wildman–Crippen MR) is 109 cm³/mol. The van der Waals surface area contributed by atoms with Crippen LogP contribution in [0.1, 0.15) is 25.8 Å². The summed E-state index contributed by atoms with van der Waals surface area (Å²) in [5, 5.41) is 6.50. The zero-order valence-corrected chi connectivity index (χ0v) is 16.3. The van der Waals surface area contributed by atoms with Crippen molar-refractivity contribution in [3.05, 3.63) is 54.1 Å². The monoisotopic (exact) mass is 383 g/mol. The number of ether oxygens (including phenoxy) is 2. The first-order valence-corrected chi connectivity index (χ1v) is 8.95. The van der Waals surface area contributed by atoms with Crippen molar-refractivity contribution in [1.29, 1.82) is 0 Å². The molecule has 0 heterocycles. The third-order valence-corrected chi connectivity index (χ3v) is 3.54. The Morgan fingerprint density at radius 1 is 1.07 bits per heavy atom. The van der Waals surface area contributed by atoms with E-state index in [9.17, 15) is 9.59 Å². The summed E-state index contributed by atoms with van der Waals surface area (Å²) in [6, 6.07) is 14.2. The quantitative estimate of drug-likeness (QED) is 0.395. The van der Waals surface area contributed by atoms with E-state index in [-0.39, 0.29) is 6.42 Å². The Labute approximate surface area is 164 Å². The molecule has 0 spiro atoms. The molecule has 0 saturated heterocycles. The van der Waals surface area contributed by atoms with Crippen LogP contribution in [0.4, 0.5) is 5.69 Å². The SMILES string of the molecule is COc1cccc(NC(=O)CC(=O)NN=Cc2ccc(OCC(C)C)cc2)c1. The van der Waals surface area contributed by atoms with Crippen LogP contribution in [0, 0.1) is 5.92 Å². The number of hydrogen-bond donors (Lipinski definition) is 2. The summed E-state index contributed by atoms with van der Waals surface area (Å²) >= 11 is 0. The fourth-order valence-corrected chi connectivity index (χ4v) is 2.18. The molecule has 0 unspecified atom stereocenters. The van der Waals surface area contributed by atoms with Crippen LogP contribution in [-0.4, -0.2) is 31.7 Å². The fraction of sp³-hybridized carbons (Fsp3) is 0.286. The van der Waals surface area contributed by atoms with E-state index in [0.29, 0.717) is 24.0 Å². The van der Waals surface area contributed by atoms with Gasteiger partial charge in [0.2, 0.25) is 11.8 Å². The number of nitrogens with one attached hydrogen (secondary N) is 2. The number of methoxy groups -OCH3 is 1. The Morgan fingerprint density at radius 2 is 1.82 bits per heavy atom. The molecule has 0 fully saturated rings. The molecule has 148 valence electrons. The highest BCUT2D eigenvalue weighted by molar-refractivity contribution is 6.03. The number of benzene rings is 2. The maximum atomic E-state index is 11.9. The van der Waals surface area contributed by atoms with Crippen molar-refractivity contribution in [3.63, 3.8) is 0 Å². The van der Waals surface area contributed by atoms with Gasteiger partial charge in [0.05, 0.1) is 19.9 Å². The second-order valence-corrected chi connectivity index (χ2v) is 6.52. The van der Waals surface area contributed by atoms with Crippen molar-refractivity contribution in [2.75, 3.05) is 19.0 Å². The highest BCUT2D eigenvalue weighted by atomic mass is 16.5. The Kier molecular flexibility index (Phi) is 8.02. The molecule has 0 aliphatic rings. The van der Waals surface area contributed by atoms with Gasteiger partial charge in [0.25, 0.3) is 0 Å². The number of nitrogens with zero attached hydrogens (tertiary/aromatic N) is 1. The van der Waals surface area contributed by atoms with Gasteiger partial charge in [0, 0.05) is 11.8 Å².